The first kappa shape index (κ1) is 14.1. The summed E-state index contributed by atoms with van der Waals surface area (Å²) in [7, 11) is 1.86. The Bertz CT molecular complexity index is 494. The fraction of sp³-hybridized carbons (Fsp3) is 0.533. The standard InChI is InChI=1S/C15H19NO2S/c1-16(15(18)9-12-4-2-5-12)10-14-8-13(11-19-14)6-3-7-17/h8,11-12,17H,2,4-5,7,9-10H2,1H3. The van der Waals surface area contributed by atoms with E-state index in [2.05, 4.69) is 11.8 Å². The Morgan fingerprint density at radius 3 is 3.00 bits per heavy atom. The van der Waals surface area contributed by atoms with Gasteiger partial charge in [0.05, 0.1) is 6.54 Å². The van der Waals surface area contributed by atoms with Gasteiger partial charge in [-0.2, -0.15) is 0 Å². The lowest BCUT2D eigenvalue weighted by molar-refractivity contribution is -0.132. The highest BCUT2D eigenvalue weighted by Crippen LogP contribution is 2.30. The predicted molar refractivity (Wildman–Crippen MR) is 76.7 cm³/mol. The van der Waals surface area contributed by atoms with Gasteiger partial charge in [0.1, 0.15) is 6.61 Å². The van der Waals surface area contributed by atoms with Gasteiger partial charge in [-0.25, -0.2) is 0 Å². The summed E-state index contributed by atoms with van der Waals surface area (Å²) >= 11 is 1.61. The van der Waals surface area contributed by atoms with Crippen LogP contribution in [-0.2, 0) is 11.3 Å². The van der Waals surface area contributed by atoms with Crippen molar-refractivity contribution in [3.8, 4) is 11.8 Å². The Labute approximate surface area is 118 Å². The minimum atomic E-state index is -0.120. The van der Waals surface area contributed by atoms with Crippen molar-refractivity contribution in [2.45, 2.75) is 32.2 Å². The van der Waals surface area contributed by atoms with E-state index in [4.69, 9.17) is 5.11 Å². The van der Waals surface area contributed by atoms with E-state index in [1.54, 1.807) is 16.2 Å². The molecular formula is C15H19NO2S. The lowest BCUT2D eigenvalue weighted by atomic mass is 9.83. The SMILES string of the molecule is CN(Cc1cc(C#CCO)cs1)C(=O)CC1CCC1. The van der Waals surface area contributed by atoms with Gasteiger partial charge in [0, 0.05) is 29.3 Å². The van der Waals surface area contributed by atoms with Crippen LogP contribution in [0.3, 0.4) is 0 Å². The molecule has 0 atom stereocenters. The maximum Gasteiger partial charge on any atom is 0.222 e. The van der Waals surface area contributed by atoms with Gasteiger partial charge in [-0.1, -0.05) is 18.3 Å². The Balaban J connectivity index is 1.85. The molecule has 1 saturated carbocycles. The van der Waals surface area contributed by atoms with Crippen LogP contribution in [0, 0.1) is 17.8 Å². The van der Waals surface area contributed by atoms with E-state index in [1.165, 1.54) is 19.3 Å². The van der Waals surface area contributed by atoms with Crippen molar-refractivity contribution in [1.82, 2.24) is 4.90 Å². The summed E-state index contributed by atoms with van der Waals surface area (Å²) < 4.78 is 0. The van der Waals surface area contributed by atoms with Gasteiger partial charge >= 0.3 is 0 Å². The Kier molecular flexibility index (Phi) is 5.00. The molecule has 1 aromatic rings. The molecule has 1 fully saturated rings. The topological polar surface area (TPSA) is 40.5 Å². The minimum absolute atomic E-state index is 0.120. The van der Waals surface area contributed by atoms with Gasteiger partial charge < -0.3 is 10.0 Å². The van der Waals surface area contributed by atoms with Crippen molar-refractivity contribution in [1.29, 1.82) is 0 Å². The highest BCUT2D eigenvalue weighted by Gasteiger charge is 2.22. The van der Waals surface area contributed by atoms with Crippen molar-refractivity contribution in [2.24, 2.45) is 5.92 Å². The van der Waals surface area contributed by atoms with Crippen molar-refractivity contribution in [3.63, 3.8) is 0 Å². The number of hydrogen-bond acceptors (Lipinski definition) is 3. The smallest absolute Gasteiger partial charge is 0.222 e. The third-order valence-electron chi connectivity index (χ3n) is 3.47. The first-order valence-corrected chi connectivity index (χ1v) is 7.48. The zero-order chi connectivity index (χ0) is 13.7. The summed E-state index contributed by atoms with van der Waals surface area (Å²) in [5.41, 5.74) is 0.911. The van der Waals surface area contributed by atoms with E-state index >= 15 is 0 Å². The average molecular weight is 277 g/mol. The molecule has 0 spiro atoms. The molecule has 1 N–H and O–H groups in total. The summed E-state index contributed by atoms with van der Waals surface area (Å²) in [6, 6.07) is 1.99. The van der Waals surface area contributed by atoms with Crippen molar-refractivity contribution >= 4 is 17.2 Å². The number of aliphatic hydroxyl groups excluding tert-OH is 1. The molecule has 0 aromatic carbocycles. The molecule has 1 aromatic heterocycles. The largest absolute Gasteiger partial charge is 0.384 e. The molecule has 3 nitrogen and oxygen atoms in total. The highest BCUT2D eigenvalue weighted by atomic mass is 32.1. The van der Waals surface area contributed by atoms with Crippen LogP contribution in [0.5, 0.6) is 0 Å². The maximum atomic E-state index is 12.0. The van der Waals surface area contributed by atoms with E-state index in [9.17, 15) is 4.79 Å². The second kappa shape index (κ2) is 6.74. The second-order valence-electron chi connectivity index (χ2n) is 5.01. The summed E-state index contributed by atoms with van der Waals surface area (Å²) in [6.07, 6.45) is 4.39. The van der Waals surface area contributed by atoms with Gasteiger partial charge in [0.15, 0.2) is 0 Å². The van der Waals surface area contributed by atoms with E-state index in [-0.39, 0.29) is 12.5 Å². The Morgan fingerprint density at radius 2 is 2.37 bits per heavy atom. The summed E-state index contributed by atoms with van der Waals surface area (Å²) in [4.78, 5) is 14.9. The molecule has 4 heteroatoms. The molecule has 0 radical (unpaired) electrons. The summed E-state index contributed by atoms with van der Waals surface area (Å²) in [6.45, 7) is 0.530. The van der Waals surface area contributed by atoms with E-state index < -0.39 is 0 Å². The van der Waals surface area contributed by atoms with Gasteiger partial charge in [-0.05, 0) is 24.8 Å². The number of amides is 1. The fourth-order valence-corrected chi connectivity index (χ4v) is 2.96. The molecule has 2 rings (SSSR count). The lowest BCUT2D eigenvalue weighted by Crippen LogP contribution is -2.29. The molecule has 102 valence electrons. The van der Waals surface area contributed by atoms with Crippen LogP contribution in [-0.4, -0.2) is 29.6 Å². The van der Waals surface area contributed by atoms with Gasteiger partial charge in [-0.15, -0.1) is 11.3 Å². The Hall–Kier alpha value is -1.31. The van der Waals surface area contributed by atoms with Gasteiger partial charge in [-0.3, -0.25) is 4.79 Å². The molecule has 1 aliphatic carbocycles. The van der Waals surface area contributed by atoms with Crippen LogP contribution < -0.4 is 0 Å². The Morgan fingerprint density at radius 1 is 1.58 bits per heavy atom. The van der Waals surface area contributed by atoms with Crippen molar-refractivity contribution in [3.05, 3.63) is 21.9 Å². The molecule has 0 saturated heterocycles. The zero-order valence-electron chi connectivity index (χ0n) is 11.2. The lowest BCUT2D eigenvalue weighted by Gasteiger charge is -2.27. The molecule has 1 aliphatic rings. The van der Waals surface area contributed by atoms with Gasteiger partial charge in [0.25, 0.3) is 0 Å². The molecule has 1 amide bonds. The number of hydrogen-bond donors (Lipinski definition) is 1. The van der Waals surface area contributed by atoms with Crippen LogP contribution >= 0.6 is 11.3 Å². The van der Waals surface area contributed by atoms with Crippen LogP contribution in [0.25, 0.3) is 0 Å². The molecule has 0 unspecified atom stereocenters. The van der Waals surface area contributed by atoms with Crippen LogP contribution in [0.1, 0.15) is 36.1 Å². The third-order valence-corrected chi connectivity index (χ3v) is 4.39. The first-order chi connectivity index (χ1) is 9.19. The zero-order valence-corrected chi connectivity index (χ0v) is 12.0. The monoisotopic (exact) mass is 277 g/mol. The molecule has 1 heterocycles. The number of carbonyl (C=O) groups excluding carboxylic acids is 1. The van der Waals surface area contributed by atoms with Crippen molar-refractivity contribution < 1.29 is 9.90 Å². The molecule has 0 aliphatic heterocycles. The molecule has 19 heavy (non-hydrogen) atoms. The normalized spacial score (nSPS) is 14.4. The number of aliphatic hydroxyl groups is 1. The van der Waals surface area contributed by atoms with E-state index in [0.29, 0.717) is 18.9 Å². The predicted octanol–water partition coefficient (Wildman–Crippen LogP) is 2.24. The summed E-state index contributed by atoms with van der Waals surface area (Å²) in [5.74, 6) is 6.35. The van der Waals surface area contributed by atoms with E-state index in [0.717, 1.165) is 10.4 Å². The first-order valence-electron chi connectivity index (χ1n) is 6.60. The van der Waals surface area contributed by atoms with Crippen LogP contribution in [0.4, 0.5) is 0 Å². The molecular weight excluding hydrogens is 258 g/mol. The fourth-order valence-electron chi connectivity index (χ4n) is 2.09. The number of thiophene rings is 1. The quantitative estimate of drug-likeness (QED) is 0.858. The highest BCUT2D eigenvalue weighted by molar-refractivity contribution is 7.10. The number of carbonyl (C=O) groups is 1. The van der Waals surface area contributed by atoms with Crippen LogP contribution in [0.2, 0.25) is 0 Å². The minimum Gasteiger partial charge on any atom is -0.384 e. The van der Waals surface area contributed by atoms with Crippen molar-refractivity contribution in [2.75, 3.05) is 13.7 Å². The van der Waals surface area contributed by atoms with E-state index in [1.807, 2.05) is 18.5 Å². The second-order valence-corrected chi connectivity index (χ2v) is 6.01. The molecule has 0 bridgehead atoms. The summed E-state index contributed by atoms with van der Waals surface area (Å²) in [5, 5.41) is 10.6. The number of nitrogens with zero attached hydrogens (tertiary/aromatic N) is 1. The van der Waals surface area contributed by atoms with Crippen LogP contribution in [0.15, 0.2) is 11.4 Å². The van der Waals surface area contributed by atoms with Gasteiger partial charge in [0.2, 0.25) is 5.91 Å². The average Bonchev–Trinajstić information content (AvgIpc) is 2.78. The number of rotatable bonds is 4. The third kappa shape index (κ3) is 4.09. The maximum absolute atomic E-state index is 12.0.